The molecule has 0 bridgehead atoms. The highest BCUT2D eigenvalue weighted by Gasteiger charge is 2.28. The van der Waals surface area contributed by atoms with Gasteiger partial charge in [-0.3, -0.25) is 9.59 Å². The fraction of sp³-hybridized carbons (Fsp3) is 0.429. The Morgan fingerprint density at radius 1 is 1.18 bits per heavy atom. The number of hydrogen-bond donors (Lipinski definition) is 0. The molecule has 1 atom stereocenters. The lowest BCUT2D eigenvalue weighted by atomic mass is 10.00. The fourth-order valence-electron chi connectivity index (χ4n) is 1.52. The Morgan fingerprint density at radius 3 is 2.24 bits per heavy atom. The van der Waals surface area contributed by atoms with Crippen LogP contribution in [0.5, 0.6) is 0 Å². The van der Waals surface area contributed by atoms with Crippen molar-refractivity contribution in [3.8, 4) is 0 Å². The number of ketones is 2. The smallest absolute Gasteiger partial charge is 0.215 e. The van der Waals surface area contributed by atoms with E-state index in [-0.39, 0.29) is 22.7 Å². The highest BCUT2D eigenvalue weighted by Crippen LogP contribution is 2.12. The summed E-state index contributed by atoms with van der Waals surface area (Å²) in [4.78, 5) is 23.9. The SMILES string of the molecule is C[SH+]C(CC(=O)C(C)C)C(=O)c1ccccc1. The van der Waals surface area contributed by atoms with E-state index < -0.39 is 0 Å². The number of carbonyl (C=O) groups excluding carboxylic acids is 2. The quantitative estimate of drug-likeness (QED) is 0.442. The van der Waals surface area contributed by atoms with Crippen LogP contribution in [0.3, 0.4) is 0 Å². The molecule has 17 heavy (non-hydrogen) atoms. The van der Waals surface area contributed by atoms with Gasteiger partial charge in [0.15, 0.2) is 5.25 Å². The third-order valence-electron chi connectivity index (χ3n) is 2.71. The first-order valence-corrected chi connectivity index (χ1v) is 7.18. The maximum atomic E-state index is 12.2. The van der Waals surface area contributed by atoms with Crippen LogP contribution in [0.4, 0.5) is 0 Å². The van der Waals surface area contributed by atoms with E-state index in [0.29, 0.717) is 12.0 Å². The van der Waals surface area contributed by atoms with Crippen LogP contribution < -0.4 is 0 Å². The Hall–Kier alpha value is -1.09. The van der Waals surface area contributed by atoms with Gasteiger partial charge in [-0.05, 0) is 11.8 Å². The van der Waals surface area contributed by atoms with E-state index in [2.05, 4.69) is 0 Å². The molecule has 0 aromatic heterocycles. The molecule has 0 fully saturated rings. The molecule has 0 amide bonds. The van der Waals surface area contributed by atoms with Gasteiger partial charge in [0, 0.05) is 11.5 Å². The zero-order chi connectivity index (χ0) is 12.8. The summed E-state index contributed by atoms with van der Waals surface area (Å²) in [6.07, 6.45) is 2.28. The lowest BCUT2D eigenvalue weighted by molar-refractivity contribution is -0.121. The molecule has 1 rings (SSSR count). The Morgan fingerprint density at radius 2 is 1.76 bits per heavy atom. The molecule has 0 N–H and O–H groups in total. The summed E-state index contributed by atoms with van der Waals surface area (Å²) >= 11 is 0.959. The summed E-state index contributed by atoms with van der Waals surface area (Å²) in [5.41, 5.74) is 0.698. The molecule has 1 unspecified atom stereocenters. The van der Waals surface area contributed by atoms with Gasteiger partial charge in [-0.15, -0.1) is 0 Å². The minimum absolute atomic E-state index is 0.00261. The van der Waals surface area contributed by atoms with Gasteiger partial charge in [-0.25, -0.2) is 0 Å². The molecule has 3 heteroatoms. The molecule has 92 valence electrons. The van der Waals surface area contributed by atoms with Crippen molar-refractivity contribution in [3.05, 3.63) is 35.9 Å². The Balaban J connectivity index is 2.75. The van der Waals surface area contributed by atoms with Gasteiger partial charge in [-0.2, -0.15) is 0 Å². The van der Waals surface area contributed by atoms with Crippen LogP contribution >= 0.6 is 0 Å². The molecule has 2 nitrogen and oxygen atoms in total. The Bertz CT molecular complexity index is 384. The zero-order valence-electron chi connectivity index (χ0n) is 10.5. The molecule has 0 saturated carbocycles. The van der Waals surface area contributed by atoms with Crippen LogP contribution in [0.25, 0.3) is 0 Å². The molecule has 0 heterocycles. The van der Waals surface area contributed by atoms with Gasteiger partial charge < -0.3 is 0 Å². The molecule has 0 spiro atoms. The van der Waals surface area contributed by atoms with Gasteiger partial charge in [0.1, 0.15) is 5.78 Å². The van der Waals surface area contributed by atoms with Crippen molar-refractivity contribution in [2.45, 2.75) is 25.5 Å². The van der Waals surface area contributed by atoms with Gasteiger partial charge >= 0.3 is 0 Å². The zero-order valence-corrected chi connectivity index (χ0v) is 11.4. The van der Waals surface area contributed by atoms with E-state index in [9.17, 15) is 9.59 Å². The third kappa shape index (κ3) is 4.00. The number of hydrogen-bond acceptors (Lipinski definition) is 2. The van der Waals surface area contributed by atoms with Gasteiger partial charge in [0.2, 0.25) is 5.78 Å². The Kier molecular flexibility index (Phi) is 5.42. The monoisotopic (exact) mass is 251 g/mol. The van der Waals surface area contributed by atoms with Crippen LogP contribution in [-0.2, 0) is 16.6 Å². The van der Waals surface area contributed by atoms with Crippen LogP contribution in [0.1, 0.15) is 30.6 Å². The largest absolute Gasteiger partial charge is 0.299 e. The highest BCUT2D eigenvalue weighted by atomic mass is 32.2. The fourth-order valence-corrected chi connectivity index (χ4v) is 2.27. The van der Waals surface area contributed by atoms with Crippen molar-refractivity contribution < 1.29 is 9.59 Å². The second-order valence-electron chi connectivity index (χ2n) is 4.33. The van der Waals surface area contributed by atoms with E-state index in [4.69, 9.17) is 0 Å². The minimum Gasteiger partial charge on any atom is -0.299 e. The van der Waals surface area contributed by atoms with E-state index >= 15 is 0 Å². The third-order valence-corrected chi connectivity index (χ3v) is 3.75. The van der Waals surface area contributed by atoms with Gasteiger partial charge in [0.05, 0.1) is 12.7 Å². The predicted molar refractivity (Wildman–Crippen MR) is 73.7 cm³/mol. The van der Waals surface area contributed by atoms with Crippen molar-refractivity contribution in [2.24, 2.45) is 5.92 Å². The molecule has 0 aliphatic heterocycles. The van der Waals surface area contributed by atoms with Crippen molar-refractivity contribution in [2.75, 3.05) is 6.26 Å². The van der Waals surface area contributed by atoms with Crippen LogP contribution in [0, 0.1) is 5.92 Å². The lowest BCUT2D eigenvalue weighted by Crippen LogP contribution is -2.27. The average molecular weight is 251 g/mol. The summed E-state index contributed by atoms with van der Waals surface area (Å²) in [6, 6.07) is 9.19. The first-order chi connectivity index (χ1) is 8.06. The van der Waals surface area contributed by atoms with Crippen LogP contribution in [-0.4, -0.2) is 23.1 Å². The second kappa shape index (κ2) is 6.60. The van der Waals surface area contributed by atoms with E-state index in [1.807, 2.05) is 38.3 Å². The molecule has 0 aliphatic rings. The molecule has 0 aliphatic carbocycles. The van der Waals surface area contributed by atoms with E-state index in [1.165, 1.54) is 0 Å². The maximum Gasteiger partial charge on any atom is 0.215 e. The molecular weight excluding hydrogens is 232 g/mol. The number of rotatable bonds is 6. The van der Waals surface area contributed by atoms with Crippen molar-refractivity contribution in [1.29, 1.82) is 0 Å². The van der Waals surface area contributed by atoms with E-state index in [0.717, 1.165) is 11.8 Å². The molecular formula is C14H19O2S+. The molecule has 0 saturated heterocycles. The van der Waals surface area contributed by atoms with Gasteiger partial charge in [0.25, 0.3) is 0 Å². The van der Waals surface area contributed by atoms with Crippen LogP contribution in [0.15, 0.2) is 30.3 Å². The lowest BCUT2D eigenvalue weighted by Gasteiger charge is -2.09. The van der Waals surface area contributed by atoms with Crippen molar-refractivity contribution >= 4 is 23.3 Å². The average Bonchev–Trinajstić information content (AvgIpc) is 2.35. The predicted octanol–water partition coefficient (Wildman–Crippen LogP) is 2.30. The second-order valence-corrected chi connectivity index (χ2v) is 5.47. The summed E-state index contributed by atoms with van der Waals surface area (Å²) in [5.74, 6) is 0.236. The standard InChI is InChI=1S/C14H18O2S/c1-10(2)12(15)9-13(17-3)14(16)11-7-5-4-6-8-11/h4-8,10,13H,9H2,1-3H3/p+1. The Labute approximate surface area is 107 Å². The summed E-state index contributed by atoms with van der Waals surface area (Å²) in [7, 11) is 0. The molecule has 1 aromatic carbocycles. The van der Waals surface area contributed by atoms with Gasteiger partial charge in [-0.1, -0.05) is 44.2 Å². The molecule has 0 radical (unpaired) electrons. The molecule has 1 aromatic rings. The topological polar surface area (TPSA) is 34.1 Å². The summed E-state index contributed by atoms with van der Waals surface area (Å²) in [6.45, 7) is 3.75. The normalized spacial score (nSPS) is 12.5. The number of thiol groups is 1. The maximum absolute atomic E-state index is 12.2. The van der Waals surface area contributed by atoms with Crippen LogP contribution in [0.2, 0.25) is 0 Å². The summed E-state index contributed by atoms with van der Waals surface area (Å²) < 4.78 is 0. The minimum atomic E-state index is -0.202. The number of benzene rings is 1. The summed E-state index contributed by atoms with van der Waals surface area (Å²) in [5, 5.41) is -0.202. The highest BCUT2D eigenvalue weighted by molar-refractivity contribution is 7.79. The first kappa shape index (κ1) is 14.0. The van der Waals surface area contributed by atoms with Crippen molar-refractivity contribution in [1.82, 2.24) is 0 Å². The van der Waals surface area contributed by atoms with Crippen molar-refractivity contribution in [3.63, 3.8) is 0 Å². The number of Topliss-reactive ketones (excluding diaryl/α,β-unsaturated/α-hetero) is 2. The number of carbonyl (C=O) groups is 2. The van der Waals surface area contributed by atoms with E-state index in [1.54, 1.807) is 12.1 Å². The first-order valence-electron chi connectivity index (χ1n) is 5.77.